The number of amides is 1. The van der Waals surface area contributed by atoms with Crippen LogP contribution in [0, 0.1) is 0 Å². The topological polar surface area (TPSA) is 80.8 Å². The number of hydrogen-bond acceptors (Lipinski definition) is 6. The minimum atomic E-state index is -3.87. The first kappa shape index (κ1) is 14.7. The summed E-state index contributed by atoms with van der Waals surface area (Å²) in [4.78, 5) is 24.1. The number of hydrogen-bond donors (Lipinski definition) is 0. The van der Waals surface area contributed by atoms with Crippen LogP contribution in [0.1, 0.15) is 27.0 Å². The molecule has 0 atom stereocenters. The molecule has 0 saturated carbocycles. The number of ether oxygens (including phenoxy) is 1. The molecule has 0 saturated heterocycles. The molecule has 6 nitrogen and oxygen atoms in total. The lowest BCUT2D eigenvalue weighted by Gasteiger charge is -2.15. The summed E-state index contributed by atoms with van der Waals surface area (Å²) in [6.45, 7) is 1.94. The van der Waals surface area contributed by atoms with Gasteiger partial charge in [0.15, 0.2) is 0 Å². The van der Waals surface area contributed by atoms with Crippen LogP contribution >= 0.6 is 11.3 Å². The summed E-state index contributed by atoms with van der Waals surface area (Å²) in [6, 6.07) is 7.11. The van der Waals surface area contributed by atoms with Crippen molar-refractivity contribution in [3.63, 3.8) is 0 Å². The lowest BCUT2D eigenvalue weighted by molar-refractivity contribution is 0.0526. The van der Waals surface area contributed by atoms with Crippen LogP contribution in [0.15, 0.2) is 40.6 Å². The number of fused-ring (bicyclic) bond motifs is 1. The minimum Gasteiger partial charge on any atom is -0.462 e. The van der Waals surface area contributed by atoms with Crippen LogP contribution in [0.5, 0.6) is 0 Å². The van der Waals surface area contributed by atoms with E-state index in [1.54, 1.807) is 12.3 Å². The van der Waals surface area contributed by atoms with Crippen LogP contribution in [0.3, 0.4) is 0 Å². The average molecular weight is 337 g/mol. The van der Waals surface area contributed by atoms with Crippen molar-refractivity contribution in [2.75, 3.05) is 10.9 Å². The molecule has 2 aromatic rings. The first-order valence-electron chi connectivity index (χ1n) is 6.41. The molecule has 0 fully saturated rings. The number of benzene rings is 1. The van der Waals surface area contributed by atoms with Crippen molar-refractivity contribution in [3.8, 4) is 0 Å². The van der Waals surface area contributed by atoms with Crippen LogP contribution < -0.4 is 4.31 Å². The second-order valence-electron chi connectivity index (χ2n) is 4.46. The van der Waals surface area contributed by atoms with Crippen LogP contribution in [0.25, 0.3) is 0 Å². The second-order valence-corrected chi connectivity index (χ2v) is 7.13. The molecule has 0 bridgehead atoms. The number of carbonyl (C=O) groups is 2. The SMILES string of the molecule is CCOC(=O)c1ccc(N2C(=O)c3sccc3S2(=O)=O)cc1. The molecule has 0 N–H and O–H groups in total. The maximum atomic E-state index is 12.4. The Morgan fingerprint density at radius 2 is 1.91 bits per heavy atom. The number of esters is 1. The molecule has 1 aliphatic rings. The highest BCUT2D eigenvalue weighted by Gasteiger charge is 2.43. The molecule has 1 aliphatic heterocycles. The van der Waals surface area contributed by atoms with Gasteiger partial charge in [-0.2, -0.15) is 4.31 Å². The Morgan fingerprint density at radius 1 is 1.23 bits per heavy atom. The summed E-state index contributed by atoms with van der Waals surface area (Å²) in [7, 11) is -3.87. The molecule has 22 heavy (non-hydrogen) atoms. The van der Waals surface area contributed by atoms with Gasteiger partial charge >= 0.3 is 5.97 Å². The summed E-state index contributed by atoms with van der Waals surface area (Å²) < 4.78 is 30.4. The van der Waals surface area contributed by atoms with E-state index in [9.17, 15) is 18.0 Å². The van der Waals surface area contributed by atoms with E-state index in [4.69, 9.17) is 4.74 Å². The van der Waals surface area contributed by atoms with Gasteiger partial charge in [-0.05, 0) is 42.6 Å². The van der Waals surface area contributed by atoms with Crippen LogP contribution in [0.2, 0.25) is 0 Å². The molecule has 1 aromatic carbocycles. The molecule has 3 rings (SSSR count). The normalized spacial score (nSPS) is 15.7. The van der Waals surface area contributed by atoms with Crippen molar-refractivity contribution in [2.45, 2.75) is 11.8 Å². The van der Waals surface area contributed by atoms with Crippen LogP contribution in [0.4, 0.5) is 5.69 Å². The summed E-state index contributed by atoms with van der Waals surface area (Å²) in [5, 5.41) is 1.57. The largest absolute Gasteiger partial charge is 0.462 e. The van der Waals surface area contributed by atoms with E-state index < -0.39 is 21.9 Å². The molecule has 0 unspecified atom stereocenters. The standard InChI is InChI=1S/C14H11NO5S2/c1-2-20-14(17)9-3-5-10(6-4-9)15-13(16)12-11(7-8-21-12)22(15,18)19/h3-8H,2H2,1H3. The third kappa shape index (κ3) is 2.11. The van der Waals surface area contributed by atoms with Crippen molar-refractivity contribution in [1.29, 1.82) is 0 Å². The van der Waals surface area contributed by atoms with Crippen molar-refractivity contribution < 1.29 is 22.7 Å². The summed E-state index contributed by atoms with van der Waals surface area (Å²) in [5.74, 6) is -1.07. The third-order valence-electron chi connectivity index (χ3n) is 3.14. The smallest absolute Gasteiger partial charge is 0.338 e. The fraction of sp³-hybridized carbons (Fsp3) is 0.143. The van der Waals surface area contributed by atoms with Crippen molar-refractivity contribution in [3.05, 3.63) is 46.2 Å². The maximum Gasteiger partial charge on any atom is 0.338 e. The predicted octanol–water partition coefficient (Wildman–Crippen LogP) is 2.27. The number of nitrogens with zero attached hydrogens (tertiary/aromatic N) is 1. The predicted molar refractivity (Wildman–Crippen MR) is 80.7 cm³/mol. The number of sulfonamides is 1. The van der Waals surface area contributed by atoms with Gasteiger partial charge in [-0.1, -0.05) is 0 Å². The molecule has 0 radical (unpaired) electrons. The zero-order valence-electron chi connectivity index (χ0n) is 11.5. The average Bonchev–Trinajstić information content (AvgIpc) is 3.04. The highest BCUT2D eigenvalue weighted by atomic mass is 32.2. The van der Waals surface area contributed by atoms with E-state index in [1.807, 2.05) is 0 Å². The molecule has 1 amide bonds. The van der Waals surface area contributed by atoms with Crippen LogP contribution in [-0.2, 0) is 14.8 Å². The Labute approximate surface area is 131 Å². The molecule has 1 aromatic heterocycles. The van der Waals surface area contributed by atoms with Crippen molar-refractivity contribution in [2.24, 2.45) is 0 Å². The molecular formula is C14H11NO5S2. The van der Waals surface area contributed by atoms with E-state index in [2.05, 4.69) is 0 Å². The number of rotatable bonds is 3. The number of thiophene rings is 1. The van der Waals surface area contributed by atoms with Gasteiger partial charge in [0, 0.05) is 0 Å². The fourth-order valence-corrected chi connectivity index (χ4v) is 4.95. The number of carbonyl (C=O) groups excluding carboxylic acids is 2. The zero-order chi connectivity index (χ0) is 15.9. The first-order chi connectivity index (χ1) is 10.5. The van der Waals surface area contributed by atoms with Crippen LogP contribution in [-0.4, -0.2) is 26.9 Å². The molecule has 0 spiro atoms. The lowest BCUT2D eigenvalue weighted by Crippen LogP contribution is -2.29. The Morgan fingerprint density at radius 3 is 2.50 bits per heavy atom. The summed E-state index contributed by atoms with van der Waals surface area (Å²) in [5.41, 5.74) is 0.492. The van der Waals surface area contributed by atoms with E-state index in [-0.39, 0.29) is 22.1 Å². The van der Waals surface area contributed by atoms with E-state index in [0.29, 0.717) is 5.56 Å². The quantitative estimate of drug-likeness (QED) is 0.803. The summed E-state index contributed by atoms with van der Waals surface area (Å²) >= 11 is 1.09. The Bertz CT molecular complexity index is 852. The van der Waals surface area contributed by atoms with Gasteiger partial charge in [0.05, 0.1) is 17.9 Å². The Kier molecular flexibility index (Phi) is 3.50. The van der Waals surface area contributed by atoms with Crippen molar-refractivity contribution in [1.82, 2.24) is 0 Å². The maximum absolute atomic E-state index is 12.4. The highest BCUT2D eigenvalue weighted by Crippen LogP contribution is 2.37. The molecule has 114 valence electrons. The second kappa shape index (κ2) is 5.22. The van der Waals surface area contributed by atoms with E-state index in [0.717, 1.165) is 15.6 Å². The van der Waals surface area contributed by atoms with Crippen molar-refractivity contribution >= 4 is 38.9 Å². The minimum absolute atomic E-state index is 0.0250. The van der Waals surface area contributed by atoms with E-state index in [1.165, 1.54) is 30.3 Å². The van der Waals surface area contributed by atoms with Gasteiger partial charge in [0.2, 0.25) is 0 Å². The summed E-state index contributed by atoms with van der Waals surface area (Å²) in [6.07, 6.45) is 0. The van der Waals surface area contributed by atoms with Gasteiger partial charge in [-0.15, -0.1) is 11.3 Å². The first-order valence-corrected chi connectivity index (χ1v) is 8.73. The third-order valence-corrected chi connectivity index (χ3v) is 5.92. The zero-order valence-corrected chi connectivity index (χ0v) is 13.1. The Balaban J connectivity index is 1.97. The highest BCUT2D eigenvalue weighted by molar-refractivity contribution is 7.94. The molecular weight excluding hydrogens is 326 g/mol. The number of anilines is 1. The monoisotopic (exact) mass is 337 g/mol. The van der Waals surface area contributed by atoms with Gasteiger partial charge in [0.25, 0.3) is 15.9 Å². The molecule has 2 heterocycles. The van der Waals surface area contributed by atoms with E-state index >= 15 is 0 Å². The van der Waals surface area contributed by atoms with Gasteiger partial charge in [-0.3, -0.25) is 4.79 Å². The lowest BCUT2D eigenvalue weighted by atomic mass is 10.2. The Hall–Kier alpha value is -2.19. The molecule has 0 aliphatic carbocycles. The van der Waals surface area contributed by atoms with Gasteiger partial charge < -0.3 is 4.74 Å². The fourth-order valence-electron chi connectivity index (χ4n) is 2.16. The molecule has 8 heteroatoms. The van der Waals surface area contributed by atoms with Gasteiger partial charge in [-0.25, -0.2) is 13.2 Å². The van der Waals surface area contributed by atoms with Gasteiger partial charge in [0.1, 0.15) is 9.77 Å².